The van der Waals surface area contributed by atoms with Crippen molar-refractivity contribution in [2.45, 2.75) is 11.1 Å². The van der Waals surface area contributed by atoms with Gasteiger partial charge in [0, 0.05) is 7.05 Å². The minimum absolute atomic E-state index is 0.198. The number of alkyl halides is 3. The van der Waals surface area contributed by atoms with Crippen LogP contribution < -0.4 is 4.31 Å². The van der Waals surface area contributed by atoms with Crippen molar-refractivity contribution in [3.8, 4) is 0 Å². The highest BCUT2D eigenvalue weighted by Crippen LogP contribution is 2.31. The molecule has 25 heavy (non-hydrogen) atoms. The summed E-state index contributed by atoms with van der Waals surface area (Å²) in [6, 6.07) is 16.1. The number of sulfonamides is 1. The average molecular weight is 365 g/mol. The molecule has 0 N–H and O–H groups in total. The van der Waals surface area contributed by atoms with Crippen molar-refractivity contribution in [2.24, 2.45) is 0 Å². The lowest BCUT2D eigenvalue weighted by molar-refractivity contribution is -0.137. The summed E-state index contributed by atoms with van der Waals surface area (Å²) < 4.78 is 64.3. The van der Waals surface area contributed by atoms with E-state index in [2.05, 4.69) is 0 Å². The molecule has 3 aromatic carbocycles. The third-order valence-electron chi connectivity index (χ3n) is 3.94. The molecule has 0 bridgehead atoms. The molecule has 130 valence electrons. The van der Waals surface area contributed by atoms with Crippen LogP contribution in [-0.4, -0.2) is 15.5 Å². The molecule has 0 aliphatic carbocycles. The van der Waals surface area contributed by atoms with E-state index in [1.807, 2.05) is 24.3 Å². The average Bonchev–Trinajstić information content (AvgIpc) is 2.60. The lowest BCUT2D eigenvalue weighted by Gasteiger charge is -2.20. The summed E-state index contributed by atoms with van der Waals surface area (Å²) in [4.78, 5) is -0.198. The van der Waals surface area contributed by atoms with Gasteiger partial charge in [-0.25, -0.2) is 8.42 Å². The van der Waals surface area contributed by atoms with Gasteiger partial charge in [-0.3, -0.25) is 4.31 Å². The fourth-order valence-electron chi connectivity index (χ4n) is 2.49. The zero-order valence-corrected chi connectivity index (χ0v) is 14.0. The Labute approximate surface area is 143 Å². The van der Waals surface area contributed by atoms with E-state index in [0.29, 0.717) is 5.69 Å². The van der Waals surface area contributed by atoms with E-state index in [0.717, 1.165) is 39.3 Å². The largest absolute Gasteiger partial charge is 0.416 e. The lowest BCUT2D eigenvalue weighted by atomic mass is 10.1. The van der Waals surface area contributed by atoms with E-state index >= 15 is 0 Å². The van der Waals surface area contributed by atoms with E-state index in [-0.39, 0.29) is 4.90 Å². The van der Waals surface area contributed by atoms with Crippen LogP contribution in [0, 0.1) is 0 Å². The monoisotopic (exact) mass is 365 g/mol. The van der Waals surface area contributed by atoms with Gasteiger partial charge >= 0.3 is 6.18 Å². The van der Waals surface area contributed by atoms with Gasteiger partial charge in [-0.15, -0.1) is 0 Å². The van der Waals surface area contributed by atoms with Crippen LogP contribution in [0.1, 0.15) is 5.56 Å². The molecule has 3 rings (SSSR count). The van der Waals surface area contributed by atoms with Gasteiger partial charge in [-0.05, 0) is 47.2 Å². The first-order valence-electron chi connectivity index (χ1n) is 7.34. The second-order valence-corrected chi connectivity index (χ2v) is 7.50. The Morgan fingerprint density at radius 2 is 1.44 bits per heavy atom. The maximum atomic E-state index is 12.7. The Morgan fingerprint density at radius 1 is 0.840 bits per heavy atom. The maximum absolute atomic E-state index is 12.7. The fraction of sp³-hybridized carbons (Fsp3) is 0.111. The van der Waals surface area contributed by atoms with Crippen molar-refractivity contribution in [3.05, 3.63) is 72.3 Å². The summed E-state index contributed by atoms with van der Waals surface area (Å²) in [6.45, 7) is 0. The van der Waals surface area contributed by atoms with E-state index in [9.17, 15) is 21.6 Å². The van der Waals surface area contributed by atoms with Crippen molar-refractivity contribution in [2.75, 3.05) is 11.4 Å². The number of anilines is 1. The Bertz CT molecular complexity index is 1010. The topological polar surface area (TPSA) is 37.4 Å². The van der Waals surface area contributed by atoms with Crippen molar-refractivity contribution in [1.82, 2.24) is 0 Å². The molecule has 0 saturated carbocycles. The van der Waals surface area contributed by atoms with Gasteiger partial charge in [0.05, 0.1) is 16.1 Å². The molecule has 0 fully saturated rings. The van der Waals surface area contributed by atoms with Crippen molar-refractivity contribution in [1.29, 1.82) is 0 Å². The van der Waals surface area contributed by atoms with Gasteiger partial charge in [0.1, 0.15) is 0 Å². The second-order valence-electron chi connectivity index (χ2n) is 5.53. The zero-order chi connectivity index (χ0) is 18.2. The van der Waals surface area contributed by atoms with Crippen molar-refractivity contribution >= 4 is 26.5 Å². The molecule has 0 atom stereocenters. The molecule has 0 heterocycles. The van der Waals surface area contributed by atoms with Gasteiger partial charge in [0.15, 0.2) is 0 Å². The molecule has 0 aliphatic rings. The van der Waals surface area contributed by atoms with Crippen LogP contribution in [0.4, 0.5) is 18.9 Å². The van der Waals surface area contributed by atoms with Gasteiger partial charge < -0.3 is 0 Å². The SMILES string of the molecule is CN(c1ccc2ccccc2c1)S(=O)(=O)c1ccc(C(F)(F)F)cc1. The van der Waals surface area contributed by atoms with Gasteiger partial charge in [-0.1, -0.05) is 30.3 Å². The number of halogens is 3. The Balaban J connectivity index is 1.97. The molecule has 0 aromatic heterocycles. The van der Waals surface area contributed by atoms with Gasteiger partial charge in [0.2, 0.25) is 0 Å². The minimum atomic E-state index is -4.51. The molecule has 0 saturated heterocycles. The predicted molar refractivity (Wildman–Crippen MR) is 91.0 cm³/mol. The zero-order valence-electron chi connectivity index (χ0n) is 13.2. The van der Waals surface area contributed by atoms with Crippen LogP contribution >= 0.6 is 0 Å². The van der Waals surface area contributed by atoms with E-state index in [4.69, 9.17) is 0 Å². The summed E-state index contributed by atoms with van der Waals surface area (Å²) in [5.74, 6) is 0. The van der Waals surface area contributed by atoms with E-state index in [1.54, 1.807) is 18.2 Å². The molecule has 0 radical (unpaired) electrons. The molecule has 0 amide bonds. The van der Waals surface area contributed by atoms with Crippen molar-refractivity contribution < 1.29 is 21.6 Å². The number of hydrogen-bond donors (Lipinski definition) is 0. The highest BCUT2D eigenvalue weighted by Gasteiger charge is 2.31. The standard InChI is InChI=1S/C18H14F3NO2S/c1-22(16-9-6-13-4-2-3-5-14(13)12-16)25(23,24)17-10-7-15(8-11-17)18(19,20)21/h2-12H,1H3. The molecular formula is C18H14F3NO2S. The van der Waals surface area contributed by atoms with Crippen LogP contribution in [0.25, 0.3) is 10.8 Å². The van der Waals surface area contributed by atoms with Gasteiger partial charge in [-0.2, -0.15) is 13.2 Å². The second kappa shape index (κ2) is 6.07. The summed E-state index contributed by atoms with van der Waals surface area (Å²) in [6.07, 6.45) is -4.51. The molecule has 0 unspecified atom stereocenters. The van der Waals surface area contributed by atoms with Crippen LogP contribution in [0.2, 0.25) is 0 Å². The fourth-order valence-corrected chi connectivity index (χ4v) is 3.67. The first kappa shape index (κ1) is 17.3. The maximum Gasteiger partial charge on any atom is 0.416 e. The van der Waals surface area contributed by atoms with E-state index < -0.39 is 21.8 Å². The number of rotatable bonds is 3. The molecule has 0 aliphatic heterocycles. The number of benzene rings is 3. The lowest BCUT2D eigenvalue weighted by Crippen LogP contribution is -2.26. The normalized spacial score (nSPS) is 12.3. The highest BCUT2D eigenvalue weighted by molar-refractivity contribution is 7.92. The Kier molecular flexibility index (Phi) is 4.20. The van der Waals surface area contributed by atoms with Crippen LogP contribution in [0.3, 0.4) is 0 Å². The quantitative estimate of drug-likeness (QED) is 0.676. The smallest absolute Gasteiger partial charge is 0.269 e. The molecule has 7 heteroatoms. The Hall–Kier alpha value is -2.54. The van der Waals surface area contributed by atoms with Crippen LogP contribution in [0.15, 0.2) is 71.6 Å². The predicted octanol–water partition coefficient (Wildman–Crippen LogP) is 4.68. The third kappa shape index (κ3) is 3.32. The van der Waals surface area contributed by atoms with Crippen molar-refractivity contribution in [3.63, 3.8) is 0 Å². The Morgan fingerprint density at radius 3 is 2.04 bits per heavy atom. The van der Waals surface area contributed by atoms with Crippen LogP contribution in [0.5, 0.6) is 0 Å². The van der Waals surface area contributed by atoms with Gasteiger partial charge in [0.25, 0.3) is 10.0 Å². The van der Waals surface area contributed by atoms with E-state index in [1.165, 1.54) is 7.05 Å². The van der Waals surface area contributed by atoms with Crippen LogP contribution in [-0.2, 0) is 16.2 Å². The molecule has 0 spiro atoms. The highest BCUT2D eigenvalue weighted by atomic mass is 32.2. The summed E-state index contributed by atoms with van der Waals surface area (Å²) in [5.41, 5.74) is -0.460. The number of nitrogens with zero attached hydrogens (tertiary/aromatic N) is 1. The number of hydrogen-bond acceptors (Lipinski definition) is 2. The summed E-state index contributed by atoms with van der Waals surface area (Å²) in [7, 11) is -2.58. The molecule has 3 nitrogen and oxygen atoms in total. The first-order chi connectivity index (χ1) is 11.7. The summed E-state index contributed by atoms with van der Waals surface area (Å²) >= 11 is 0. The molecular weight excluding hydrogens is 351 g/mol. The minimum Gasteiger partial charge on any atom is -0.269 e. The third-order valence-corrected chi connectivity index (χ3v) is 5.74. The molecule has 3 aromatic rings. The summed E-state index contributed by atoms with van der Waals surface area (Å²) in [5, 5.41) is 1.83. The first-order valence-corrected chi connectivity index (χ1v) is 8.78. The number of fused-ring (bicyclic) bond motifs is 1.